The van der Waals surface area contributed by atoms with E-state index in [9.17, 15) is 4.79 Å². The average molecular weight is 412 g/mol. The largest absolute Gasteiger partial charge is 0.423 e. The lowest BCUT2D eigenvalue weighted by Gasteiger charge is -2.04. The maximum absolute atomic E-state index is 12.0. The maximum atomic E-state index is 12.0. The summed E-state index contributed by atoms with van der Waals surface area (Å²) in [6.07, 6.45) is 2.87. The topological polar surface area (TPSA) is 67.9 Å². The highest BCUT2D eigenvalue weighted by Gasteiger charge is 2.12. The van der Waals surface area contributed by atoms with Crippen LogP contribution in [0.2, 0.25) is 10.2 Å². The van der Waals surface area contributed by atoms with Gasteiger partial charge in [-0.2, -0.15) is 10.4 Å². The number of hydrogen-bond donors (Lipinski definition) is 0. The minimum absolute atomic E-state index is 0.356. The standard InChI is InChI=1S/C21H15Cl2N3O2/c1-14-19(10-11-20(27)28-18-8-4-15(12-24)5-9-18)21(23)26(25-14)13-16-2-6-17(22)7-3-16/h2-11H,13H2,1H3/b11-10+. The van der Waals surface area contributed by atoms with E-state index in [1.165, 1.54) is 6.08 Å². The van der Waals surface area contributed by atoms with Crippen LogP contribution in [0.4, 0.5) is 0 Å². The van der Waals surface area contributed by atoms with Crippen molar-refractivity contribution in [1.82, 2.24) is 9.78 Å². The predicted octanol–water partition coefficient (Wildman–Crippen LogP) is 5.04. The number of rotatable bonds is 5. The zero-order chi connectivity index (χ0) is 20.1. The van der Waals surface area contributed by atoms with Crippen LogP contribution in [0.5, 0.6) is 5.75 Å². The normalized spacial score (nSPS) is 10.8. The number of halogens is 2. The van der Waals surface area contributed by atoms with Gasteiger partial charge in [-0.05, 0) is 55.0 Å². The van der Waals surface area contributed by atoms with Gasteiger partial charge in [0.15, 0.2) is 0 Å². The first-order valence-corrected chi connectivity index (χ1v) is 9.09. The van der Waals surface area contributed by atoms with Crippen molar-refractivity contribution < 1.29 is 9.53 Å². The Labute approximate surface area is 172 Å². The smallest absolute Gasteiger partial charge is 0.336 e. The summed E-state index contributed by atoms with van der Waals surface area (Å²) in [4.78, 5) is 12.0. The Morgan fingerprint density at radius 2 is 1.86 bits per heavy atom. The Kier molecular flexibility index (Phi) is 6.15. The van der Waals surface area contributed by atoms with E-state index in [1.807, 2.05) is 25.1 Å². The summed E-state index contributed by atoms with van der Waals surface area (Å²) in [6.45, 7) is 2.30. The van der Waals surface area contributed by atoms with E-state index in [-0.39, 0.29) is 0 Å². The van der Waals surface area contributed by atoms with E-state index in [0.29, 0.717) is 39.3 Å². The Morgan fingerprint density at radius 3 is 2.50 bits per heavy atom. The molecule has 3 aromatic rings. The molecular formula is C21H15Cl2N3O2. The molecule has 1 aromatic heterocycles. The van der Waals surface area contributed by atoms with Crippen molar-refractivity contribution in [3.8, 4) is 11.8 Å². The molecular weight excluding hydrogens is 397 g/mol. The van der Waals surface area contributed by atoms with Crippen LogP contribution >= 0.6 is 23.2 Å². The summed E-state index contributed by atoms with van der Waals surface area (Å²) in [5.74, 6) is -0.194. The highest BCUT2D eigenvalue weighted by atomic mass is 35.5. The molecule has 0 radical (unpaired) electrons. The molecule has 0 spiro atoms. The van der Waals surface area contributed by atoms with E-state index in [4.69, 9.17) is 33.2 Å². The second kappa shape index (κ2) is 8.75. The Hall–Kier alpha value is -3.07. The van der Waals surface area contributed by atoms with E-state index >= 15 is 0 Å². The van der Waals surface area contributed by atoms with Gasteiger partial charge in [0.05, 0.1) is 23.9 Å². The molecule has 0 fully saturated rings. The fraction of sp³-hybridized carbons (Fsp3) is 0.0952. The number of nitriles is 1. The van der Waals surface area contributed by atoms with Crippen molar-refractivity contribution in [1.29, 1.82) is 5.26 Å². The molecule has 0 saturated heterocycles. The van der Waals surface area contributed by atoms with Gasteiger partial charge in [-0.3, -0.25) is 0 Å². The van der Waals surface area contributed by atoms with Crippen molar-refractivity contribution >= 4 is 35.2 Å². The molecule has 0 saturated carbocycles. The quantitative estimate of drug-likeness (QED) is 0.335. The fourth-order valence-electron chi connectivity index (χ4n) is 2.52. The van der Waals surface area contributed by atoms with Gasteiger partial charge in [0.25, 0.3) is 0 Å². The van der Waals surface area contributed by atoms with Crippen LogP contribution < -0.4 is 4.74 Å². The summed E-state index contributed by atoms with van der Waals surface area (Å²) >= 11 is 12.3. The zero-order valence-corrected chi connectivity index (χ0v) is 16.4. The number of hydrogen-bond acceptors (Lipinski definition) is 4. The second-order valence-electron chi connectivity index (χ2n) is 5.96. The number of aryl methyl sites for hydroxylation is 1. The minimum atomic E-state index is -0.550. The number of carbonyl (C=O) groups is 1. The fourth-order valence-corrected chi connectivity index (χ4v) is 2.95. The molecule has 0 unspecified atom stereocenters. The van der Waals surface area contributed by atoms with Crippen molar-refractivity contribution in [3.63, 3.8) is 0 Å². The minimum Gasteiger partial charge on any atom is -0.423 e. The molecule has 0 aliphatic rings. The maximum Gasteiger partial charge on any atom is 0.336 e. The molecule has 28 heavy (non-hydrogen) atoms. The SMILES string of the molecule is Cc1nn(Cc2ccc(Cl)cc2)c(Cl)c1/C=C/C(=O)Oc1ccc(C#N)cc1. The Balaban J connectivity index is 1.70. The van der Waals surface area contributed by atoms with Crippen LogP contribution in [0.25, 0.3) is 6.08 Å². The number of esters is 1. The number of carbonyl (C=O) groups excluding carboxylic acids is 1. The molecule has 3 rings (SSSR count). The molecule has 7 heteroatoms. The van der Waals surface area contributed by atoms with Gasteiger partial charge in [-0.1, -0.05) is 35.3 Å². The number of aromatic nitrogens is 2. The van der Waals surface area contributed by atoms with E-state index in [0.717, 1.165) is 5.56 Å². The third-order valence-corrected chi connectivity index (χ3v) is 4.59. The van der Waals surface area contributed by atoms with Crippen molar-refractivity contribution in [2.45, 2.75) is 13.5 Å². The Bertz CT molecular complexity index is 1060. The highest BCUT2D eigenvalue weighted by Crippen LogP contribution is 2.23. The van der Waals surface area contributed by atoms with Gasteiger partial charge in [0, 0.05) is 16.7 Å². The van der Waals surface area contributed by atoms with Crippen LogP contribution in [0.15, 0.2) is 54.6 Å². The van der Waals surface area contributed by atoms with Gasteiger partial charge >= 0.3 is 5.97 Å². The van der Waals surface area contributed by atoms with Gasteiger partial charge in [0.2, 0.25) is 0 Å². The molecule has 0 aliphatic carbocycles. The van der Waals surface area contributed by atoms with Gasteiger partial charge in [-0.25, -0.2) is 9.48 Å². The number of benzene rings is 2. The lowest BCUT2D eigenvalue weighted by molar-refractivity contribution is -0.128. The van der Waals surface area contributed by atoms with Crippen LogP contribution in [0.1, 0.15) is 22.4 Å². The second-order valence-corrected chi connectivity index (χ2v) is 6.76. The van der Waals surface area contributed by atoms with Gasteiger partial charge in [-0.15, -0.1) is 0 Å². The first-order valence-electron chi connectivity index (χ1n) is 8.33. The summed E-state index contributed by atoms with van der Waals surface area (Å²) in [7, 11) is 0. The van der Waals surface area contributed by atoms with Crippen molar-refractivity contribution in [2.24, 2.45) is 0 Å². The van der Waals surface area contributed by atoms with Crippen LogP contribution in [0, 0.1) is 18.3 Å². The molecule has 0 atom stereocenters. The molecule has 0 N–H and O–H groups in total. The molecule has 0 aliphatic heterocycles. The summed E-state index contributed by atoms with van der Waals surface area (Å²) in [5, 5.41) is 14.3. The third-order valence-electron chi connectivity index (χ3n) is 3.94. The molecule has 2 aromatic carbocycles. The van der Waals surface area contributed by atoms with E-state index in [1.54, 1.807) is 47.2 Å². The molecule has 0 amide bonds. The van der Waals surface area contributed by atoms with E-state index < -0.39 is 5.97 Å². The lowest BCUT2D eigenvalue weighted by atomic mass is 10.2. The average Bonchev–Trinajstić information content (AvgIpc) is 2.95. The summed E-state index contributed by atoms with van der Waals surface area (Å²) in [6, 6.07) is 15.7. The Morgan fingerprint density at radius 1 is 1.18 bits per heavy atom. The third kappa shape index (κ3) is 4.80. The molecule has 5 nitrogen and oxygen atoms in total. The zero-order valence-electron chi connectivity index (χ0n) is 14.9. The van der Waals surface area contributed by atoms with Crippen LogP contribution in [0.3, 0.4) is 0 Å². The summed E-state index contributed by atoms with van der Waals surface area (Å²) < 4.78 is 6.87. The van der Waals surface area contributed by atoms with Gasteiger partial charge in [0.1, 0.15) is 10.9 Å². The lowest BCUT2D eigenvalue weighted by Crippen LogP contribution is -2.03. The number of nitrogens with zero attached hydrogens (tertiary/aromatic N) is 3. The van der Waals surface area contributed by atoms with Gasteiger partial charge < -0.3 is 4.74 Å². The number of ether oxygens (including phenoxy) is 1. The first-order chi connectivity index (χ1) is 13.5. The molecule has 1 heterocycles. The first kappa shape index (κ1) is 19.7. The molecule has 0 bridgehead atoms. The monoisotopic (exact) mass is 411 g/mol. The molecule has 140 valence electrons. The van der Waals surface area contributed by atoms with E-state index in [2.05, 4.69) is 5.10 Å². The van der Waals surface area contributed by atoms with Crippen molar-refractivity contribution in [3.05, 3.63) is 87.2 Å². The summed E-state index contributed by atoms with van der Waals surface area (Å²) in [5.41, 5.74) is 2.84. The van der Waals surface area contributed by atoms with Crippen LogP contribution in [-0.2, 0) is 11.3 Å². The van der Waals surface area contributed by atoms with Crippen LogP contribution in [-0.4, -0.2) is 15.7 Å². The predicted molar refractivity (Wildman–Crippen MR) is 108 cm³/mol. The highest BCUT2D eigenvalue weighted by molar-refractivity contribution is 6.31. The van der Waals surface area contributed by atoms with Crippen molar-refractivity contribution in [2.75, 3.05) is 0 Å².